The van der Waals surface area contributed by atoms with Crippen molar-refractivity contribution in [2.24, 2.45) is 5.41 Å². The quantitative estimate of drug-likeness (QED) is 0.913. The van der Waals surface area contributed by atoms with Crippen LogP contribution in [-0.4, -0.2) is 37.7 Å². The van der Waals surface area contributed by atoms with E-state index < -0.39 is 0 Å². The molecule has 1 N–H and O–H groups in total. The number of likely N-dealkylation sites (tertiary alicyclic amines) is 1. The summed E-state index contributed by atoms with van der Waals surface area (Å²) in [7, 11) is 0. The second kappa shape index (κ2) is 5.65. The van der Waals surface area contributed by atoms with Crippen molar-refractivity contribution >= 4 is 5.69 Å². The van der Waals surface area contributed by atoms with Crippen LogP contribution in [0.15, 0.2) is 18.2 Å². The van der Waals surface area contributed by atoms with E-state index in [1.54, 1.807) is 0 Å². The minimum atomic E-state index is 0.331. The maximum Gasteiger partial charge on any atom is 0.121 e. The van der Waals surface area contributed by atoms with Gasteiger partial charge < -0.3 is 15.0 Å². The highest BCUT2D eigenvalue weighted by Gasteiger charge is 2.30. The zero-order valence-corrected chi connectivity index (χ0v) is 12.7. The molecule has 0 amide bonds. The molecule has 3 rings (SSSR count). The van der Waals surface area contributed by atoms with Crippen molar-refractivity contribution in [3.8, 4) is 5.75 Å². The van der Waals surface area contributed by atoms with E-state index in [0.29, 0.717) is 5.41 Å². The van der Waals surface area contributed by atoms with Crippen molar-refractivity contribution in [2.45, 2.75) is 33.1 Å². The number of fused-ring (bicyclic) bond motifs is 1. The number of nitrogens with one attached hydrogen (secondary N) is 1. The maximum atomic E-state index is 6.08. The Morgan fingerprint density at radius 1 is 1.30 bits per heavy atom. The van der Waals surface area contributed by atoms with Crippen molar-refractivity contribution < 1.29 is 4.74 Å². The zero-order valence-electron chi connectivity index (χ0n) is 12.7. The van der Waals surface area contributed by atoms with Crippen LogP contribution >= 0.6 is 0 Å². The summed E-state index contributed by atoms with van der Waals surface area (Å²) in [5.74, 6) is 1.01. The predicted octanol–water partition coefficient (Wildman–Crippen LogP) is 3.16. The van der Waals surface area contributed by atoms with Gasteiger partial charge in [0.2, 0.25) is 0 Å². The van der Waals surface area contributed by atoms with Gasteiger partial charge >= 0.3 is 0 Å². The van der Waals surface area contributed by atoms with E-state index in [1.165, 1.54) is 43.7 Å². The van der Waals surface area contributed by atoms with E-state index in [9.17, 15) is 0 Å². The number of benzene rings is 1. The molecule has 0 aromatic heterocycles. The summed E-state index contributed by atoms with van der Waals surface area (Å²) in [6.45, 7) is 10.1. The Hall–Kier alpha value is -1.22. The van der Waals surface area contributed by atoms with Gasteiger partial charge in [-0.2, -0.15) is 0 Å². The molecule has 2 aliphatic rings. The van der Waals surface area contributed by atoms with Crippen LogP contribution in [0, 0.1) is 5.41 Å². The summed E-state index contributed by atoms with van der Waals surface area (Å²) in [5, 5.41) is 3.41. The van der Waals surface area contributed by atoms with Gasteiger partial charge in [-0.25, -0.2) is 0 Å². The van der Waals surface area contributed by atoms with Crippen molar-refractivity contribution in [2.75, 3.05) is 38.1 Å². The number of anilines is 1. The first-order valence-electron chi connectivity index (χ1n) is 7.90. The fourth-order valence-electron chi connectivity index (χ4n) is 3.17. The average Bonchev–Trinajstić information content (AvgIpc) is 2.94. The lowest BCUT2D eigenvalue weighted by Crippen LogP contribution is -2.41. The zero-order chi connectivity index (χ0) is 14.0. The molecule has 0 saturated carbocycles. The van der Waals surface area contributed by atoms with Crippen molar-refractivity contribution in [3.05, 3.63) is 23.8 Å². The molecule has 3 heteroatoms. The molecule has 0 radical (unpaired) electrons. The molecule has 3 nitrogen and oxygen atoms in total. The normalized spacial score (nSPS) is 21.3. The predicted molar refractivity (Wildman–Crippen MR) is 83.6 cm³/mol. The van der Waals surface area contributed by atoms with Crippen molar-refractivity contribution in [3.63, 3.8) is 0 Å². The lowest BCUT2D eigenvalue weighted by atomic mass is 9.81. The number of rotatable bonds is 4. The molecule has 0 unspecified atom stereocenters. The summed E-state index contributed by atoms with van der Waals surface area (Å²) in [5.41, 5.74) is 3.01. The van der Waals surface area contributed by atoms with E-state index in [1.807, 2.05) is 0 Å². The maximum absolute atomic E-state index is 6.08. The Morgan fingerprint density at radius 2 is 2.10 bits per heavy atom. The Balaban J connectivity index is 1.56. The first kappa shape index (κ1) is 13.7. The van der Waals surface area contributed by atoms with Crippen molar-refractivity contribution in [1.82, 2.24) is 4.90 Å². The number of hydrogen-bond acceptors (Lipinski definition) is 3. The van der Waals surface area contributed by atoms with Gasteiger partial charge in [0.05, 0.1) is 6.61 Å². The van der Waals surface area contributed by atoms with Gasteiger partial charge in [-0.15, -0.1) is 0 Å². The third kappa shape index (κ3) is 2.93. The third-order valence-corrected chi connectivity index (χ3v) is 4.89. The molecule has 0 bridgehead atoms. The smallest absolute Gasteiger partial charge is 0.121 e. The molecule has 2 aliphatic heterocycles. The van der Waals surface area contributed by atoms with Gasteiger partial charge in [-0.1, -0.05) is 19.9 Å². The largest absolute Gasteiger partial charge is 0.493 e. The molecule has 20 heavy (non-hydrogen) atoms. The number of ether oxygens (including phenoxy) is 1. The fourth-order valence-corrected chi connectivity index (χ4v) is 3.17. The monoisotopic (exact) mass is 274 g/mol. The SMILES string of the molecule is CCN1CCC(C)(COc2ccc3c(c2)NCC3)CC1. The van der Waals surface area contributed by atoms with E-state index in [4.69, 9.17) is 4.74 Å². The van der Waals surface area contributed by atoms with E-state index in [0.717, 1.165) is 25.3 Å². The minimum absolute atomic E-state index is 0.331. The molecule has 1 fully saturated rings. The summed E-state index contributed by atoms with van der Waals surface area (Å²) >= 11 is 0. The molecule has 110 valence electrons. The van der Waals surface area contributed by atoms with Gasteiger partial charge in [-0.05, 0) is 50.5 Å². The lowest BCUT2D eigenvalue weighted by Gasteiger charge is -2.38. The molecule has 2 heterocycles. The molecular formula is C17H26N2O. The molecule has 1 aromatic carbocycles. The van der Waals surface area contributed by atoms with Gasteiger partial charge in [0.25, 0.3) is 0 Å². The first-order chi connectivity index (χ1) is 9.68. The molecule has 1 aromatic rings. The molecule has 0 spiro atoms. The van der Waals surface area contributed by atoms with Gasteiger partial charge in [0, 0.05) is 23.7 Å². The number of piperidine rings is 1. The molecular weight excluding hydrogens is 248 g/mol. The van der Waals surface area contributed by atoms with Gasteiger partial charge in [0.1, 0.15) is 5.75 Å². The summed E-state index contributed by atoms with van der Waals surface area (Å²) in [4.78, 5) is 2.53. The highest BCUT2D eigenvalue weighted by molar-refractivity contribution is 5.58. The number of nitrogens with zero attached hydrogens (tertiary/aromatic N) is 1. The summed E-state index contributed by atoms with van der Waals surface area (Å²) in [6.07, 6.45) is 3.62. The second-order valence-corrected chi connectivity index (χ2v) is 6.53. The summed E-state index contributed by atoms with van der Waals surface area (Å²) < 4.78 is 6.08. The van der Waals surface area contributed by atoms with Crippen LogP contribution in [0.4, 0.5) is 5.69 Å². The molecule has 0 atom stereocenters. The van der Waals surface area contributed by atoms with Crippen LogP contribution in [0.25, 0.3) is 0 Å². The van der Waals surface area contributed by atoms with E-state index in [-0.39, 0.29) is 0 Å². The number of hydrogen-bond donors (Lipinski definition) is 1. The Bertz CT molecular complexity index is 464. The Morgan fingerprint density at radius 3 is 2.85 bits per heavy atom. The van der Waals surface area contributed by atoms with E-state index in [2.05, 4.69) is 42.3 Å². The minimum Gasteiger partial charge on any atom is -0.493 e. The highest BCUT2D eigenvalue weighted by atomic mass is 16.5. The molecule has 1 saturated heterocycles. The second-order valence-electron chi connectivity index (χ2n) is 6.53. The van der Waals surface area contributed by atoms with Crippen LogP contribution in [0.1, 0.15) is 32.3 Å². The highest BCUT2D eigenvalue weighted by Crippen LogP contribution is 2.33. The lowest BCUT2D eigenvalue weighted by molar-refractivity contribution is 0.0715. The standard InChI is InChI=1S/C17H26N2O/c1-3-19-10-7-17(2,8-11-19)13-20-15-5-4-14-6-9-18-16(14)12-15/h4-5,12,18H,3,6-11,13H2,1-2H3. The average molecular weight is 274 g/mol. The van der Waals surface area contributed by atoms with Gasteiger partial charge in [-0.3, -0.25) is 0 Å². The first-order valence-corrected chi connectivity index (χ1v) is 7.90. The Labute approximate surface area is 122 Å². The fraction of sp³-hybridized carbons (Fsp3) is 0.647. The van der Waals surface area contributed by atoms with Crippen LogP contribution < -0.4 is 10.1 Å². The van der Waals surface area contributed by atoms with Crippen LogP contribution in [0.2, 0.25) is 0 Å². The molecule has 0 aliphatic carbocycles. The van der Waals surface area contributed by atoms with Crippen LogP contribution in [-0.2, 0) is 6.42 Å². The van der Waals surface area contributed by atoms with Crippen LogP contribution in [0.5, 0.6) is 5.75 Å². The van der Waals surface area contributed by atoms with E-state index >= 15 is 0 Å². The van der Waals surface area contributed by atoms with Gasteiger partial charge in [0.15, 0.2) is 0 Å². The third-order valence-electron chi connectivity index (χ3n) is 4.89. The summed E-state index contributed by atoms with van der Waals surface area (Å²) in [6, 6.07) is 6.48. The topological polar surface area (TPSA) is 24.5 Å². The van der Waals surface area contributed by atoms with Crippen LogP contribution in [0.3, 0.4) is 0 Å². The Kier molecular flexibility index (Phi) is 3.88. The van der Waals surface area contributed by atoms with Crippen molar-refractivity contribution in [1.29, 1.82) is 0 Å².